The lowest BCUT2D eigenvalue weighted by Gasteiger charge is -2.32. The number of likely N-dealkylation sites (tertiary alicyclic amines) is 1. The zero-order valence-corrected chi connectivity index (χ0v) is 18.4. The Morgan fingerprint density at radius 3 is 2.24 bits per heavy atom. The average Bonchev–Trinajstić information content (AvgIpc) is 2.66. The van der Waals surface area contributed by atoms with Gasteiger partial charge in [-0.25, -0.2) is 13.1 Å². The van der Waals surface area contributed by atoms with Crippen molar-refractivity contribution in [2.75, 3.05) is 13.1 Å². The molecule has 0 radical (unpaired) electrons. The zero-order chi connectivity index (χ0) is 21.2. The molecule has 2 aromatic rings. The molecule has 0 spiro atoms. The molecule has 1 aliphatic rings. The summed E-state index contributed by atoms with van der Waals surface area (Å²) in [5.74, 6) is 0.367. The Morgan fingerprint density at radius 1 is 1.03 bits per heavy atom. The normalized spacial score (nSPS) is 16.1. The van der Waals surface area contributed by atoms with Gasteiger partial charge in [-0.3, -0.25) is 4.79 Å². The van der Waals surface area contributed by atoms with Gasteiger partial charge in [0.25, 0.3) is 5.91 Å². The fourth-order valence-corrected chi connectivity index (χ4v) is 5.22. The minimum Gasteiger partial charge on any atom is -0.339 e. The number of amides is 1. The van der Waals surface area contributed by atoms with Crippen LogP contribution >= 0.6 is 0 Å². The Morgan fingerprint density at radius 2 is 1.66 bits per heavy atom. The highest BCUT2D eigenvalue weighted by atomic mass is 32.2. The van der Waals surface area contributed by atoms with E-state index < -0.39 is 15.6 Å². The monoisotopic (exact) mass is 414 g/mol. The van der Waals surface area contributed by atoms with Gasteiger partial charge in [0.1, 0.15) is 0 Å². The van der Waals surface area contributed by atoms with E-state index in [2.05, 4.69) is 16.9 Å². The van der Waals surface area contributed by atoms with Gasteiger partial charge in [0.2, 0.25) is 10.0 Å². The van der Waals surface area contributed by atoms with Crippen molar-refractivity contribution in [3.05, 3.63) is 65.2 Å². The van der Waals surface area contributed by atoms with Crippen molar-refractivity contribution in [2.24, 2.45) is 0 Å². The molecule has 0 unspecified atom stereocenters. The largest absolute Gasteiger partial charge is 0.339 e. The maximum atomic E-state index is 13.1. The molecular formula is C23H30N2O3S. The van der Waals surface area contributed by atoms with Crippen LogP contribution in [-0.2, 0) is 10.0 Å². The third-order valence-electron chi connectivity index (χ3n) is 5.24. The van der Waals surface area contributed by atoms with Crippen molar-refractivity contribution in [3.8, 4) is 0 Å². The summed E-state index contributed by atoms with van der Waals surface area (Å²) in [6.07, 6.45) is 1.83. The number of aryl methyl sites for hydroxylation is 1. The SMILES string of the molecule is Cc1ccc(S(=O)(=O)NC(C)(C)C)cc1C(=O)N1CCC(c2ccccc2)CC1. The molecule has 0 aliphatic carbocycles. The second kappa shape index (κ2) is 8.28. The Kier molecular flexibility index (Phi) is 6.15. The second-order valence-electron chi connectivity index (χ2n) is 8.81. The summed E-state index contributed by atoms with van der Waals surface area (Å²) in [5, 5.41) is 0. The van der Waals surface area contributed by atoms with E-state index in [0.29, 0.717) is 24.6 Å². The van der Waals surface area contributed by atoms with Crippen LogP contribution in [0.1, 0.15) is 61.0 Å². The molecular weight excluding hydrogens is 384 g/mol. The number of carbonyl (C=O) groups is 1. The van der Waals surface area contributed by atoms with Crippen molar-refractivity contribution in [1.29, 1.82) is 0 Å². The van der Waals surface area contributed by atoms with Gasteiger partial charge in [-0.05, 0) is 69.7 Å². The minimum absolute atomic E-state index is 0.0955. The van der Waals surface area contributed by atoms with E-state index in [1.807, 2.05) is 30.0 Å². The molecule has 1 saturated heterocycles. The molecule has 1 N–H and O–H groups in total. The van der Waals surface area contributed by atoms with Gasteiger partial charge in [-0.1, -0.05) is 36.4 Å². The summed E-state index contributed by atoms with van der Waals surface area (Å²) >= 11 is 0. The number of benzene rings is 2. The van der Waals surface area contributed by atoms with Crippen molar-refractivity contribution in [1.82, 2.24) is 9.62 Å². The number of hydrogen-bond acceptors (Lipinski definition) is 3. The lowest BCUT2D eigenvalue weighted by Crippen LogP contribution is -2.41. The van der Waals surface area contributed by atoms with Crippen molar-refractivity contribution in [3.63, 3.8) is 0 Å². The Bertz CT molecular complexity index is 971. The van der Waals surface area contributed by atoms with Gasteiger partial charge >= 0.3 is 0 Å². The van der Waals surface area contributed by atoms with E-state index in [-0.39, 0.29) is 10.8 Å². The number of rotatable bonds is 4. The molecule has 0 atom stereocenters. The maximum Gasteiger partial charge on any atom is 0.254 e. The molecule has 2 aromatic carbocycles. The van der Waals surface area contributed by atoms with Crippen LogP contribution < -0.4 is 4.72 Å². The topological polar surface area (TPSA) is 66.5 Å². The van der Waals surface area contributed by atoms with Gasteiger partial charge in [0.05, 0.1) is 4.90 Å². The van der Waals surface area contributed by atoms with Crippen LogP contribution in [0.15, 0.2) is 53.4 Å². The molecule has 3 rings (SSSR count). The molecule has 6 heteroatoms. The standard InChI is InChI=1S/C23H30N2O3S/c1-17-10-11-20(29(27,28)24-23(2,3)4)16-21(17)22(26)25-14-12-19(13-15-25)18-8-6-5-7-9-18/h5-11,16,19,24H,12-15H2,1-4H3. The van der Waals surface area contributed by atoms with E-state index in [4.69, 9.17) is 0 Å². The van der Waals surface area contributed by atoms with Gasteiger partial charge in [0, 0.05) is 24.2 Å². The van der Waals surface area contributed by atoms with E-state index in [1.54, 1.807) is 32.9 Å². The summed E-state index contributed by atoms with van der Waals surface area (Å²) in [7, 11) is -3.69. The molecule has 1 heterocycles. The number of nitrogens with one attached hydrogen (secondary N) is 1. The number of hydrogen-bond donors (Lipinski definition) is 1. The first-order valence-corrected chi connectivity index (χ1v) is 11.5. The van der Waals surface area contributed by atoms with E-state index in [0.717, 1.165) is 18.4 Å². The maximum absolute atomic E-state index is 13.1. The number of sulfonamides is 1. The van der Waals surface area contributed by atoms with Crippen LogP contribution in [0.3, 0.4) is 0 Å². The third kappa shape index (κ3) is 5.25. The van der Waals surface area contributed by atoms with Gasteiger partial charge < -0.3 is 4.90 Å². The highest BCUT2D eigenvalue weighted by molar-refractivity contribution is 7.89. The Hall–Kier alpha value is -2.18. The molecule has 0 aromatic heterocycles. The van der Waals surface area contributed by atoms with E-state index >= 15 is 0 Å². The molecule has 1 fully saturated rings. The summed E-state index contributed by atoms with van der Waals surface area (Å²) in [4.78, 5) is 15.1. The first-order chi connectivity index (χ1) is 13.6. The fraction of sp³-hybridized carbons (Fsp3) is 0.435. The second-order valence-corrected chi connectivity index (χ2v) is 10.5. The zero-order valence-electron chi connectivity index (χ0n) is 17.6. The quantitative estimate of drug-likeness (QED) is 0.819. The Labute approximate surface area is 174 Å². The summed E-state index contributed by atoms with van der Waals surface area (Å²) in [6, 6.07) is 15.2. The molecule has 1 aliphatic heterocycles. The molecule has 29 heavy (non-hydrogen) atoms. The van der Waals surface area contributed by atoms with E-state index in [9.17, 15) is 13.2 Å². The van der Waals surface area contributed by atoms with Crippen LogP contribution in [0.2, 0.25) is 0 Å². The number of nitrogens with zero attached hydrogens (tertiary/aromatic N) is 1. The third-order valence-corrected chi connectivity index (χ3v) is 7.00. The smallest absolute Gasteiger partial charge is 0.254 e. The van der Waals surface area contributed by atoms with Crippen molar-refractivity contribution < 1.29 is 13.2 Å². The summed E-state index contributed by atoms with van der Waals surface area (Å²) in [5.41, 5.74) is 1.97. The van der Waals surface area contributed by atoms with Crippen LogP contribution in [0.4, 0.5) is 0 Å². The number of carbonyl (C=O) groups excluding carboxylic acids is 1. The molecule has 1 amide bonds. The van der Waals surface area contributed by atoms with Gasteiger partial charge in [-0.2, -0.15) is 0 Å². The highest BCUT2D eigenvalue weighted by Crippen LogP contribution is 2.29. The molecule has 0 saturated carbocycles. The molecule has 5 nitrogen and oxygen atoms in total. The highest BCUT2D eigenvalue weighted by Gasteiger charge is 2.27. The van der Waals surface area contributed by atoms with Crippen molar-refractivity contribution in [2.45, 2.75) is 56.9 Å². The van der Waals surface area contributed by atoms with Gasteiger partial charge in [-0.15, -0.1) is 0 Å². The van der Waals surface area contributed by atoms with Crippen LogP contribution in [0, 0.1) is 6.92 Å². The first kappa shape index (κ1) is 21.5. The lowest BCUT2D eigenvalue weighted by atomic mass is 9.89. The van der Waals surface area contributed by atoms with Crippen LogP contribution in [0.5, 0.6) is 0 Å². The van der Waals surface area contributed by atoms with Crippen LogP contribution in [-0.4, -0.2) is 37.9 Å². The van der Waals surface area contributed by atoms with E-state index in [1.165, 1.54) is 11.6 Å². The van der Waals surface area contributed by atoms with Gasteiger partial charge in [0.15, 0.2) is 0 Å². The summed E-state index contributed by atoms with van der Waals surface area (Å²) in [6.45, 7) is 8.58. The average molecular weight is 415 g/mol. The molecule has 0 bridgehead atoms. The fourth-order valence-electron chi connectivity index (χ4n) is 3.77. The predicted octanol–water partition coefficient (Wildman–Crippen LogP) is 4.09. The first-order valence-electron chi connectivity index (χ1n) is 10.1. The number of piperidine rings is 1. The Balaban J connectivity index is 1.76. The predicted molar refractivity (Wildman–Crippen MR) is 116 cm³/mol. The minimum atomic E-state index is -3.69. The summed E-state index contributed by atoms with van der Waals surface area (Å²) < 4.78 is 28.0. The van der Waals surface area contributed by atoms with Crippen molar-refractivity contribution >= 4 is 15.9 Å². The van der Waals surface area contributed by atoms with Crippen LogP contribution in [0.25, 0.3) is 0 Å². The lowest BCUT2D eigenvalue weighted by molar-refractivity contribution is 0.0712. The molecule has 156 valence electrons.